The summed E-state index contributed by atoms with van der Waals surface area (Å²) in [4.78, 5) is 10.3. The molecule has 0 bridgehead atoms. The van der Waals surface area contributed by atoms with E-state index in [0.29, 0.717) is 0 Å². The highest BCUT2D eigenvalue weighted by Gasteiger charge is 2.15. The first-order chi connectivity index (χ1) is 7.82. The lowest BCUT2D eigenvalue weighted by Crippen LogP contribution is -2.19. The number of carboxylic acid groups (broad SMARTS) is 1. The predicted molar refractivity (Wildman–Crippen MR) is 66.1 cm³/mol. The van der Waals surface area contributed by atoms with Crippen molar-refractivity contribution in [3.05, 3.63) is 28.2 Å². The highest BCUT2D eigenvalue weighted by atomic mass is 35.5. The summed E-state index contributed by atoms with van der Waals surface area (Å²) in [5.41, 5.74) is 0.129. The van der Waals surface area contributed by atoms with Gasteiger partial charge in [0.2, 0.25) is 10.0 Å². The average molecular weight is 298 g/mol. The molecule has 1 aromatic rings. The second-order valence-corrected chi connectivity index (χ2v) is 5.79. The maximum atomic E-state index is 11.5. The predicted octanol–water partition coefficient (Wildman–Crippen LogP) is 2.21. The number of halogens is 2. The van der Waals surface area contributed by atoms with Gasteiger partial charge in [-0.2, -0.15) is 0 Å². The van der Waals surface area contributed by atoms with Crippen molar-refractivity contribution in [2.75, 3.05) is 10.5 Å². The van der Waals surface area contributed by atoms with Crippen LogP contribution >= 0.6 is 23.2 Å². The summed E-state index contributed by atoms with van der Waals surface area (Å²) >= 11 is 11.5. The summed E-state index contributed by atoms with van der Waals surface area (Å²) in [6.07, 6.45) is -0.479. The molecule has 0 atom stereocenters. The monoisotopic (exact) mass is 297 g/mol. The van der Waals surface area contributed by atoms with Gasteiger partial charge in [-0.1, -0.05) is 29.3 Å². The van der Waals surface area contributed by atoms with Gasteiger partial charge in [0, 0.05) is 0 Å². The number of carboxylic acids is 1. The number of anilines is 1. The van der Waals surface area contributed by atoms with Crippen LogP contribution in [0.3, 0.4) is 0 Å². The van der Waals surface area contributed by atoms with E-state index in [1.165, 1.54) is 18.2 Å². The van der Waals surface area contributed by atoms with Crippen molar-refractivity contribution >= 4 is 44.9 Å². The van der Waals surface area contributed by atoms with Crippen LogP contribution in [0, 0.1) is 0 Å². The lowest BCUT2D eigenvalue weighted by molar-refractivity contribution is -0.136. The standard InChI is InChI=1S/C9H9Cl2NO4S/c10-6-2-1-3-7(9(6)11)12-17(15,16)5-4-8(13)14/h1-3,12H,4-5H2,(H,13,14). The number of carbonyl (C=O) groups is 1. The van der Waals surface area contributed by atoms with Crippen LogP contribution in [0.4, 0.5) is 5.69 Å². The fourth-order valence-electron chi connectivity index (χ4n) is 1.02. The fraction of sp³-hybridized carbons (Fsp3) is 0.222. The SMILES string of the molecule is O=C(O)CCS(=O)(=O)Nc1cccc(Cl)c1Cl. The molecule has 1 rings (SSSR count). The van der Waals surface area contributed by atoms with Gasteiger partial charge in [-0.3, -0.25) is 9.52 Å². The Bertz CT molecular complexity index is 530. The first kappa shape index (κ1) is 14.1. The lowest BCUT2D eigenvalue weighted by atomic mass is 10.3. The molecule has 0 radical (unpaired) electrons. The summed E-state index contributed by atoms with van der Waals surface area (Å²) in [6, 6.07) is 4.48. The van der Waals surface area contributed by atoms with Gasteiger partial charge >= 0.3 is 5.97 Å². The van der Waals surface area contributed by atoms with E-state index in [-0.39, 0.29) is 15.7 Å². The molecule has 0 spiro atoms. The number of nitrogens with one attached hydrogen (secondary N) is 1. The Morgan fingerprint density at radius 1 is 1.35 bits per heavy atom. The van der Waals surface area contributed by atoms with Crippen LogP contribution in [0.5, 0.6) is 0 Å². The van der Waals surface area contributed by atoms with E-state index in [0.717, 1.165) is 0 Å². The number of sulfonamides is 1. The van der Waals surface area contributed by atoms with Crippen molar-refractivity contribution in [1.29, 1.82) is 0 Å². The second kappa shape index (κ2) is 5.57. The van der Waals surface area contributed by atoms with Crippen molar-refractivity contribution in [2.24, 2.45) is 0 Å². The second-order valence-electron chi connectivity index (χ2n) is 3.17. The van der Waals surface area contributed by atoms with E-state index < -0.39 is 28.2 Å². The zero-order valence-corrected chi connectivity index (χ0v) is 10.8. The van der Waals surface area contributed by atoms with Gasteiger partial charge in [-0.15, -0.1) is 0 Å². The number of rotatable bonds is 5. The topological polar surface area (TPSA) is 83.5 Å². The number of hydrogen-bond acceptors (Lipinski definition) is 3. The van der Waals surface area contributed by atoms with E-state index in [9.17, 15) is 13.2 Å². The Balaban J connectivity index is 2.83. The molecule has 94 valence electrons. The maximum absolute atomic E-state index is 11.5. The van der Waals surface area contributed by atoms with Gasteiger partial charge in [-0.05, 0) is 12.1 Å². The van der Waals surface area contributed by atoms with E-state index in [1.54, 1.807) is 0 Å². The molecule has 8 heteroatoms. The Morgan fingerprint density at radius 2 is 2.00 bits per heavy atom. The molecule has 0 aliphatic rings. The molecular formula is C9H9Cl2NO4S. The Labute approximate surface area is 108 Å². The first-order valence-corrected chi connectivity index (χ1v) is 6.89. The molecule has 1 aromatic carbocycles. The van der Waals surface area contributed by atoms with Gasteiger partial charge < -0.3 is 5.11 Å². The number of aliphatic carboxylic acids is 1. The Hall–Kier alpha value is -0.980. The van der Waals surface area contributed by atoms with Crippen LogP contribution in [0.15, 0.2) is 18.2 Å². The Morgan fingerprint density at radius 3 is 2.59 bits per heavy atom. The van der Waals surface area contributed by atoms with Gasteiger partial charge in [-0.25, -0.2) is 8.42 Å². The van der Waals surface area contributed by atoms with Crippen molar-refractivity contribution in [3.8, 4) is 0 Å². The fourth-order valence-corrected chi connectivity index (χ4v) is 2.48. The van der Waals surface area contributed by atoms with Crippen molar-refractivity contribution < 1.29 is 18.3 Å². The minimum atomic E-state index is -3.74. The normalized spacial score (nSPS) is 11.2. The third-order valence-corrected chi connectivity index (χ3v) is 3.89. The van der Waals surface area contributed by atoms with Gasteiger partial charge in [0.1, 0.15) is 0 Å². The van der Waals surface area contributed by atoms with E-state index in [4.69, 9.17) is 28.3 Å². The summed E-state index contributed by atoms with van der Waals surface area (Å²) in [5.74, 6) is -1.71. The molecule has 17 heavy (non-hydrogen) atoms. The average Bonchev–Trinajstić information content (AvgIpc) is 2.22. The number of benzene rings is 1. The molecule has 0 amide bonds. The summed E-state index contributed by atoms with van der Waals surface area (Å²) in [7, 11) is -3.74. The van der Waals surface area contributed by atoms with E-state index in [1.807, 2.05) is 0 Å². The number of hydrogen-bond donors (Lipinski definition) is 2. The highest BCUT2D eigenvalue weighted by Crippen LogP contribution is 2.30. The lowest BCUT2D eigenvalue weighted by Gasteiger charge is -2.09. The van der Waals surface area contributed by atoms with Crippen molar-refractivity contribution in [1.82, 2.24) is 0 Å². The third-order valence-electron chi connectivity index (χ3n) is 1.80. The molecule has 0 heterocycles. The molecule has 0 unspecified atom stereocenters. The molecule has 0 aliphatic carbocycles. The van der Waals surface area contributed by atoms with E-state index in [2.05, 4.69) is 4.72 Å². The molecule has 5 nitrogen and oxygen atoms in total. The zero-order valence-electron chi connectivity index (χ0n) is 8.48. The van der Waals surface area contributed by atoms with E-state index >= 15 is 0 Å². The summed E-state index contributed by atoms with van der Waals surface area (Å²) in [5, 5.41) is 8.69. The Kier molecular flexibility index (Phi) is 4.62. The first-order valence-electron chi connectivity index (χ1n) is 4.48. The molecule has 0 aromatic heterocycles. The van der Waals surface area contributed by atoms with Crippen LogP contribution < -0.4 is 4.72 Å². The van der Waals surface area contributed by atoms with Crippen LogP contribution in [0.1, 0.15) is 6.42 Å². The summed E-state index contributed by atoms with van der Waals surface area (Å²) < 4.78 is 25.2. The van der Waals surface area contributed by atoms with Crippen molar-refractivity contribution in [2.45, 2.75) is 6.42 Å². The maximum Gasteiger partial charge on any atom is 0.304 e. The van der Waals surface area contributed by atoms with Crippen LogP contribution in [0.2, 0.25) is 10.0 Å². The molecule has 0 saturated carbocycles. The molecule has 0 aliphatic heterocycles. The molecule has 0 fully saturated rings. The smallest absolute Gasteiger partial charge is 0.304 e. The quantitative estimate of drug-likeness (QED) is 0.873. The van der Waals surface area contributed by atoms with Crippen LogP contribution in [0.25, 0.3) is 0 Å². The highest BCUT2D eigenvalue weighted by molar-refractivity contribution is 7.92. The van der Waals surface area contributed by atoms with Gasteiger partial charge in [0.15, 0.2) is 0 Å². The van der Waals surface area contributed by atoms with Crippen molar-refractivity contribution in [3.63, 3.8) is 0 Å². The van der Waals surface area contributed by atoms with Gasteiger partial charge in [0.25, 0.3) is 0 Å². The minimum Gasteiger partial charge on any atom is -0.481 e. The van der Waals surface area contributed by atoms with Crippen LogP contribution in [-0.2, 0) is 14.8 Å². The minimum absolute atomic E-state index is 0.0769. The largest absolute Gasteiger partial charge is 0.481 e. The van der Waals surface area contributed by atoms with Gasteiger partial charge in [0.05, 0.1) is 27.9 Å². The van der Waals surface area contributed by atoms with Crippen LogP contribution in [-0.4, -0.2) is 25.2 Å². The third kappa shape index (κ3) is 4.41. The molecular weight excluding hydrogens is 289 g/mol. The summed E-state index contributed by atoms with van der Waals surface area (Å²) in [6.45, 7) is 0. The molecule has 2 N–H and O–H groups in total. The molecule has 0 saturated heterocycles. The zero-order chi connectivity index (χ0) is 13.1.